The zero-order chi connectivity index (χ0) is 35.5. The Morgan fingerprint density at radius 2 is 0.981 bits per heavy atom. The van der Waals surface area contributed by atoms with Crippen LogP contribution in [-0.2, 0) is 32.8 Å². The molecule has 0 aromatic heterocycles. The van der Waals surface area contributed by atoms with Gasteiger partial charge in [-0.2, -0.15) is 0 Å². The van der Waals surface area contributed by atoms with Crippen LogP contribution < -0.4 is 28.4 Å². The first kappa shape index (κ1) is 34.5. The molecule has 6 aromatic rings. The van der Waals surface area contributed by atoms with Gasteiger partial charge in [-0.1, -0.05) is 121 Å². The summed E-state index contributed by atoms with van der Waals surface area (Å²) in [6.07, 6.45) is -1.33. The number of hydrogen-bond donors (Lipinski definition) is 1. The average Bonchev–Trinajstić information content (AvgIpc) is 3.19. The second-order valence-corrected chi connectivity index (χ2v) is 12.6. The summed E-state index contributed by atoms with van der Waals surface area (Å²) >= 11 is 0. The van der Waals surface area contributed by atoms with Crippen molar-refractivity contribution in [2.45, 2.75) is 52.0 Å². The fourth-order valence-corrected chi connectivity index (χ4v) is 6.16. The number of fused-ring (bicyclic) bond motifs is 1. The SMILES string of the molecule is CCOc1cc(OCc2ccccc2)c2c(c1)OC(c1cc(OCc3ccccc3)c(OCc3ccccc3)c(OCc3ccccc3)c1)C(O)C2. The highest BCUT2D eigenvalue weighted by molar-refractivity contribution is 5.57. The van der Waals surface area contributed by atoms with Gasteiger partial charge in [-0.05, 0) is 41.3 Å². The molecule has 0 saturated carbocycles. The molecule has 52 heavy (non-hydrogen) atoms. The summed E-state index contributed by atoms with van der Waals surface area (Å²) in [7, 11) is 0. The first-order valence-corrected chi connectivity index (χ1v) is 17.6. The normalized spacial score (nSPS) is 14.8. The van der Waals surface area contributed by atoms with E-state index in [-0.39, 0.29) is 0 Å². The lowest BCUT2D eigenvalue weighted by Crippen LogP contribution is -2.30. The van der Waals surface area contributed by atoms with Crippen LogP contribution in [0, 0.1) is 0 Å². The van der Waals surface area contributed by atoms with Crippen LogP contribution in [-0.4, -0.2) is 17.8 Å². The molecule has 0 radical (unpaired) electrons. The topological polar surface area (TPSA) is 75.6 Å². The van der Waals surface area contributed by atoms with E-state index in [9.17, 15) is 5.11 Å². The minimum Gasteiger partial charge on any atom is -0.494 e. The smallest absolute Gasteiger partial charge is 0.203 e. The van der Waals surface area contributed by atoms with Crippen molar-refractivity contribution in [2.75, 3.05) is 6.61 Å². The molecular formula is C45H42O7. The molecule has 0 aliphatic carbocycles. The van der Waals surface area contributed by atoms with Gasteiger partial charge in [0.15, 0.2) is 17.6 Å². The van der Waals surface area contributed by atoms with Crippen LogP contribution in [0.25, 0.3) is 0 Å². The van der Waals surface area contributed by atoms with Crippen molar-refractivity contribution < 1.29 is 33.5 Å². The lowest BCUT2D eigenvalue weighted by atomic mass is 9.93. The Kier molecular flexibility index (Phi) is 11.2. The highest BCUT2D eigenvalue weighted by Gasteiger charge is 2.34. The van der Waals surface area contributed by atoms with Crippen LogP contribution >= 0.6 is 0 Å². The molecule has 1 N–H and O–H groups in total. The summed E-state index contributed by atoms with van der Waals surface area (Å²) in [6, 6.07) is 47.4. The lowest BCUT2D eigenvalue weighted by molar-refractivity contribution is 0.0191. The van der Waals surface area contributed by atoms with E-state index in [1.54, 1.807) is 0 Å². The Hall–Kier alpha value is -5.92. The highest BCUT2D eigenvalue weighted by Crippen LogP contribution is 2.47. The third-order valence-electron chi connectivity index (χ3n) is 8.78. The molecule has 0 fully saturated rings. The quantitative estimate of drug-likeness (QED) is 0.115. The van der Waals surface area contributed by atoms with Gasteiger partial charge >= 0.3 is 0 Å². The average molecular weight is 695 g/mol. The number of benzene rings is 6. The van der Waals surface area contributed by atoms with Crippen molar-refractivity contribution in [1.29, 1.82) is 0 Å². The molecule has 7 nitrogen and oxygen atoms in total. The van der Waals surface area contributed by atoms with E-state index in [0.29, 0.717) is 79.5 Å². The van der Waals surface area contributed by atoms with Gasteiger partial charge in [0.25, 0.3) is 0 Å². The second-order valence-electron chi connectivity index (χ2n) is 12.6. The molecule has 2 atom stereocenters. The number of hydrogen-bond acceptors (Lipinski definition) is 7. The molecule has 7 rings (SSSR count). The molecule has 0 amide bonds. The van der Waals surface area contributed by atoms with Crippen molar-refractivity contribution in [3.05, 3.63) is 179 Å². The van der Waals surface area contributed by atoms with Crippen molar-refractivity contribution in [2.24, 2.45) is 0 Å². The molecule has 1 aliphatic heterocycles. The molecule has 0 bridgehead atoms. The van der Waals surface area contributed by atoms with E-state index < -0.39 is 12.2 Å². The predicted octanol–water partition coefficient (Wildman–Crippen LogP) is 9.44. The van der Waals surface area contributed by atoms with Crippen LogP contribution in [0.5, 0.6) is 34.5 Å². The summed E-state index contributed by atoms with van der Waals surface area (Å²) < 4.78 is 38.4. The van der Waals surface area contributed by atoms with Crippen molar-refractivity contribution in [3.63, 3.8) is 0 Å². The third-order valence-corrected chi connectivity index (χ3v) is 8.78. The second kappa shape index (κ2) is 16.9. The molecule has 0 saturated heterocycles. The summed E-state index contributed by atoms with van der Waals surface area (Å²) in [4.78, 5) is 0. The monoisotopic (exact) mass is 694 g/mol. The summed E-state index contributed by atoms with van der Waals surface area (Å²) in [5.41, 5.74) is 5.52. The van der Waals surface area contributed by atoms with Gasteiger partial charge in [-0.3, -0.25) is 0 Å². The molecule has 1 heterocycles. The van der Waals surface area contributed by atoms with E-state index in [1.807, 2.05) is 153 Å². The summed E-state index contributed by atoms with van der Waals surface area (Å²) in [5.74, 6) is 3.27. The van der Waals surface area contributed by atoms with Crippen LogP contribution in [0.2, 0.25) is 0 Å². The maximum absolute atomic E-state index is 11.7. The fourth-order valence-electron chi connectivity index (χ4n) is 6.16. The van der Waals surface area contributed by atoms with E-state index in [1.165, 1.54) is 0 Å². The number of rotatable bonds is 15. The molecular weight excluding hydrogens is 652 g/mol. The van der Waals surface area contributed by atoms with Crippen LogP contribution in [0.3, 0.4) is 0 Å². The van der Waals surface area contributed by atoms with Crippen molar-refractivity contribution in [3.8, 4) is 34.5 Å². The molecule has 0 spiro atoms. The van der Waals surface area contributed by atoms with Crippen LogP contribution in [0.4, 0.5) is 0 Å². The lowest BCUT2D eigenvalue weighted by Gasteiger charge is -2.33. The third kappa shape index (κ3) is 8.68. The first-order valence-electron chi connectivity index (χ1n) is 17.6. The predicted molar refractivity (Wildman–Crippen MR) is 200 cm³/mol. The van der Waals surface area contributed by atoms with Crippen molar-refractivity contribution in [1.82, 2.24) is 0 Å². The maximum Gasteiger partial charge on any atom is 0.203 e. The van der Waals surface area contributed by atoms with Crippen LogP contribution in [0.1, 0.15) is 46.4 Å². The van der Waals surface area contributed by atoms with Gasteiger partial charge in [0.1, 0.15) is 43.7 Å². The van der Waals surface area contributed by atoms with Crippen molar-refractivity contribution >= 4 is 0 Å². The van der Waals surface area contributed by atoms with E-state index in [2.05, 4.69) is 0 Å². The summed E-state index contributed by atoms with van der Waals surface area (Å²) in [6.45, 7) is 3.72. The van der Waals surface area contributed by atoms with Gasteiger partial charge in [0.05, 0.1) is 12.7 Å². The molecule has 7 heteroatoms. The van der Waals surface area contributed by atoms with E-state index in [4.69, 9.17) is 28.4 Å². The van der Waals surface area contributed by atoms with Gasteiger partial charge in [-0.25, -0.2) is 0 Å². The standard InChI is InChI=1S/C45H42O7/c1-2-47-37-25-40(48-28-32-15-7-3-8-16-32)38-27-39(46)44(52-41(38)26-37)36-23-42(49-29-33-17-9-4-10-18-33)45(51-31-35-21-13-6-14-22-35)43(24-36)50-30-34-19-11-5-12-20-34/h3-26,39,44,46H,2,27-31H2,1H3. The Morgan fingerprint density at radius 1 is 0.538 bits per heavy atom. The number of ether oxygens (including phenoxy) is 6. The zero-order valence-electron chi connectivity index (χ0n) is 29.2. The Morgan fingerprint density at radius 3 is 1.44 bits per heavy atom. The van der Waals surface area contributed by atoms with Gasteiger partial charge in [0.2, 0.25) is 5.75 Å². The van der Waals surface area contributed by atoms with E-state index >= 15 is 0 Å². The Bertz CT molecular complexity index is 1950. The van der Waals surface area contributed by atoms with E-state index in [0.717, 1.165) is 27.8 Å². The molecule has 264 valence electrons. The van der Waals surface area contributed by atoms with Gasteiger partial charge in [0, 0.05) is 29.7 Å². The number of aliphatic hydroxyl groups is 1. The zero-order valence-corrected chi connectivity index (χ0v) is 29.2. The largest absolute Gasteiger partial charge is 0.494 e. The van der Waals surface area contributed by atoms with Gasteiger partial charge < -0.3 is 33.5 Å². The Labute approximate surface area is 304 Å². The molecule has 1 aliphatic rings. The molecule has 2 unspecified atom stereocenters. The number of aliphatic hydroxyl groups excluding tert-OH is 1. The Balaban J connectivity index is 1.25. The minimum atomic E-state index is -0.899. The summed E-state index contributed by atoms with van der Waals surface area (Å²) in [5, 5.41) is 11.7. The highest BCUT2D eigenvalue weighted by atomic mass is 16.5. The van der Waals surface area contributed by atoms with Gasteiger partial charge in [-0.15, -0.1) is 0 Å². The first-order chi connectivity index (χ1) is 25.6. The minimum absolute atomic E-state index is 0.306. The maximum atomic E-state index is 11.7. The fraction of sp³-hybridized carbons (Fsp3) is 0.200. The molecule has 6 aromatic carbocycles. The van der Waals surface area contributed by atoms with Crippen LogP contribution in [0.15, 0.2) is 146 Å².